The highest BCUT2D eigenvalue weighted by atomic mass is 32.1. The standard InChI is InChI=1S/C15H18N2O6S/c1-3-20-15(19)23-11(2)22-14(18)12-4-5-13(24-12)21-9-8-17-7-6-16-10-17/h4-7,10-11H,3,8-9H2,1-2H3. The SMILES string of the molecule is CCOC(=O)OC(C)OC(=O)c1ccc(OCCn2ccnc2)s1. The van der Waals surface area contributed by atoms with Crippen molar-refractivity contribution in [2.75, 3.05) is 13.2 Å². The highest BCUT2D eigenvalue weighted by molar-refractivity contribution is 7.15. The molecule has 0 saturated carbocycles. The summed E-state index contributed by atoms with van der Waals surface area (Å²) in [7, 11) is 0. The molecule has 1 atom stereocenters. The van der Waals surface area contributed by atoms with Gasteiger partial charge in [-0.3, -0.25) is 0 Å². The van der Waals surface area contributed by atoms with E-state index in [1.54, 1.807) is 31.6 Å². The van der Waals surface area contributed by atoms with Crippen molar-refractivity contribution in [1.29, 1.82) is 0 Å². The van der Waals surface area contributed by atoms with Crippen LogP contribution in [0.5, 0.6) is 5.06 Å². The highest BCUT2D eigenvalue weighted by Gasteiger charge is 2.18. The van der Waals surface area contributed by atoms with Crippen LogP contribution in [0, 0.1) is 0 Å². The number of esters is 1. The topological polar surface area (TPSA) is 88.9 Å². The summed E-state index contributed by atoms with van der Waals surface area (Å²) in [5.74, 6) is -0.596. The molecule has 0 amide bonds. The third-order valence-corrected chi connectivity index (χ3v) is 3.71. The van der Waals surface area contributed by atoms with Crippen molar-refractivity contribution in [2.24, 2.45) is 0 Å². The number of hydrogen-bond acceptors (Lipinski definition) is 8. The van der Waals surface area contributed by atoms with E-state index in [1.807, 2.05) is 10.8 Å². The van der Waals surface area contributed by atoms with Gasteiger partial charge in [0.15, 0.2) is 5.06 Å². The van der Waals surface area contributed by atoms with Gasteiger partial charge in [0.1, 0.15) is 11.5 Å². The first kappa shape index (κ1) is 17.8. The zero-order valence-electron chi connectivity index (χ0n) is 13.3. The van der Waals surface area contributed by atoms with Gasteiger partial charge in [-0.05, 0) is 19.1 Å². The Morgan fingerprint density at radius 1 is 1.33 bits per heavy atom. The minimum atomic E-state index is -1.04. The average molecular weight is 354 g/mol. The van der Waals surface area contributed by atoms with Crippen LogP contribution in [-0.2, 0) is 20.8 Å². The van der Waals surface area contributed by atoms with Crippen molar-refractivity contribution in [3.63, 3.8) is 0 Å². The number of ether oxygens (including phenoxy) is 4. The maximum absolute atomic E-state index is 12.0. The number of hydrogen-bond donors (Lipinski definition) is 0. The van der Waals surface area contributed by atoms with Gasteiger partial charge in [0, 0.05) is 19.3 Å². The normalized spacial score (nSPS) is 11.6. The van der Waals surface area contributed by atoms with Gasteiger partial charge in [-0.2, -0.15) is 0 Å². The van der Waals surface area contributed by atoms with E-state index in [9.17, 15) is 9.59 Å². The van der Waals surface area contributed by atoms with Crippen molar-refractivity contribution in [3.8, 4) is 5.06 Å². The van der Waals surface area contributed by atoms with E-state index in [1.165, 1.54) is 6.92 Å². The fourth-order valence-electron chi connectivity index (χ4n) is 1.70. The molecule has 0 radical (unpaired) electrons. The van der Waals surface area contributed by atoms with Gasteiger partial charge in [-0.1, -0.05) is 11.3 Å². The predicted molar refractivity (Wildman–Crippen MR) is 85.0 cm³/mol. The van der Waals surface area contributed by atoms with E-state index in [0.717, 1.165) is 11.3 Å². The molecule has 0 spiro atoms. The van der Waals surface area contributed by atoms with Crippen LogP contribution < -0.4 is 4.74 Å². The number of thiophene rings is 1. The Labute approximate surface area is 142 Å². The Hall–Kier alpha value is -2.55. The maximum Gasteiger partial charge on any atom is 0.511 e. The first-order valence-corrected chi connectivity index (χ1v) is 8.13. The molecule has 8 nitrogen and oxygen atoms in total. The summed E-state index contributed by atoms with van der Waals surface area (Å²) < 4.78 is 21.8. The molecule has 2 aromatic rings. The van der Waals surface area contributed by atoms with Crippen molar-refractivity contribution in [2.45, 2.75) is 26.7 Å². The monoisotopic (exact) mass is 354 g/mol. The number of aromatic nitrogens is 2. The molecule has 24 heavy (non-hydrogen) atoms. The summed E-state index contributed by atoms with van der Waals surface area (Å²) >= 11 is 1.16. The van der Waals surface area contributed by atoms with Crippen LogP contribution >= 0.6 is 11.3 Å². The fraction of sp³-hybridized carbons (Fsp3) is 0.400. The third kappa shape index (κ3) is 5.58. The van der Waals surface area contributed by atoms with Gasteiger partial charge < -0.3 is 23.5 Å². The Kier molecular flexibility index (Phi) is 6.62. The molecule has 0 fully saturated rings. The van der Waals surface area contributed by atoms with Crippen molar-refractivity contribution < 1.29 is 28.5 Å². The van der Waals surface area contributed by atoms with Crippen LogP contribution in [0.15, 0.2) is 30.9 Å². The van der Waals surface area contributed by atoms with Crippen molar-refractivity contribution in [3.05, 3.63) is 35.7 Å². The van der Waals surface area contributed by atoms with Crippen molar-refractivity contribution in [1.82, 2.24) is 9.55 Å². The van der Waals surface area contributed by atoms with Crippen LogP contribution in [-0.4, -0.2) is 41.2 Å². The first-order chi connectivity index (χ1) is 11.6. The minimum absolute atomic E-state index is 0.185. The minimum Gasteiger partial charge on any atom is -0.482 e. The lowest BCUT2D eigenvalue weighted by Crippen LogP contribution is -2.21. The average Bonchev–Trinajstić information content (AvgIpc) is 3.18. The quantitative estimate of drug-likeness (QED) is 0.532. The van der Waals surface area contributed by atoms with Crippen LogP contribution in [0.1, 0.15) is 23.5 Å². The van der Waals surface area contributed by atoms with Crippen molar-refractivity contribution >= 4 is 23.5 Å². The molecular formula is C15H18N2O6S. The summed E-state index contributed by atoms with van der Waals surface area (Å²) in [4.78, 5) is 27.4. The molecule has 2 heterocycles. The number of nitrogens with zero attached hydrogens (tertiary/aromatic N) is 2. The van der Waals surface area contributed by atoms with Crippen LogP contribution in [0.3, 0.4) is 0 Å². The summed E-state index contributed by atoms with van der Waals surface area (Å²) in [5, 5.41) is 0.598. The second kappa shape index (κ2) is 8.92. The van der Waals surface area contributed by atoms with Crippen LogP contribution in [0.4, 0.5) is 4.79 Å². The van der Waals surface area contributed by atoms with Gasteiger partial charge in [0.05, 0.1) is 19.5 Å². The summed E-state index contributed by atoms with van der Waals surface area (Å²) in [5.41, 5.74) is 0. The molecule has 9 heteroatoms. The molecule has 0 N–H and O–H groups in total. The smallest absolute Gasteiger partial charge is 0.482 e. The second-order valence-electron chi connectivity index (χ2n) is 4.54. The lowest BCUT2D eigenvalue weighted by atomic mass is 10.5. The molecule has 0 bridgehead atoms. The predicted octanol–water partition coefficient (Wildman–Crippen LogP) is 2.70. The van der Waals surface area contributed by atoms with E-state index >= 15 is 0 Å². The number of carbonyl (C=O) groups is 2. The third-order valence-electron chi connectivity index (χ3n) is 2.73. The number of rotatable bonds is 8. The Morgan fingerprint density at radius 3 is 2.88 bits per heavy atom. The summed E-state index contributed by atoms with van der Waals surface area (Å²) in [6.07, 6.45) is 3.31. The molecule has 0 aliphatic heterocycles. The van der Waals surface area contributed by atoms with E-state index in [-0.39, 0.29) is 6.61 Å². The molecule has 130 valence electrons. The molecule has 0 aliphatic rings. The molecule has 0 saturated heterocycles. The lowest BCUT2D eigenvalue weighted by Gasteiger charge is -2.12. The molecule has 2 aromatic heterocycles. The van der Waals surface area contributed by atoms with Gasteiger partial charge in [-0.25, -0.2) is 14.6 Å². The van der Waals surface area contributed by atoms with Crippen LogP contribution in [0.25, 0.3) is 0 Å². The Balaban J connectivity index is 1.76. The molecule has 2 rings (SSSR count). The summed E-state index contributed by atoms with van der Waals surface area (Å²) in [6, 6.07) is 3.28. The maximum atomic E-state index is 12.0. The molecule has 0 aromatic carbocycles. The zero-order chi connectivity index (χ0) is 17.4. The summed E-state index contributed by atoms with van der Waals surface area (Å²) in [6.45, 7) is 4.38. The number of carbonyl (C=O) groups excluding carboxylic acids is 2. The van der Waals surface area contributed by atoms with Gasteiger partial charge in [0.2, 0.25) is 6.29 Å². The van der Waals surface area contributed by atoms with E-state index in [2.05, 4.69) is 9.72 Å². The largest absolute Gasteiger partial charge is 0.511 e. The first-order valence-electron chi connectivity index (χ1n) is 7.31. The van der Waals surface area contributed by atoms with Gasteiger partial charge in [-0.15, -0.1) is 0 Å². The Morgan fingerprint density at radius 2 is 2.17 bits per heavy atom. The fourth-order valence-corrected chi connectivity index (χ4v) is 2.46. The Bertz CT molecular complexity index is 655. The lowest BCUT2D eigenvalue weighted by molar-refractivity contribution is -0.0808. The molecule has 1 unspecified atom stereocenters. The van der Waals surface area contributed by atoms with E-state index in [4.69, 9.17) is 14.2 Å². The number of imidazole rings is 1. The second-order valence-corrected chi connectivity index (χ2v) is 5.59. The van der Waals surface area contributed by atoms with E-state index in [0.29, 0.717) is 23.1 Å². The van der Waals surface area contributed by atoms with Crippen LogP contribution in [0.2, 0.25) is 0 Å². The highest BCUT2D eigenvalue weighted by Crippen LogP contribution is 2.25. The van der Waals surface area contributed by atoms with Gasteiger partial charge >= 0.3 is 12.1 Å². The van der Waals surface area contributed by atoms with Gasteiger partial charge in [0.25, 0.3) is 0 Å². The molecule has 0 aliphatic carbocycles. The van der Waals surface area contributed by atoms with E-state index < -0.39 is 18.4 Å². The zero-order valence-corrected chi connectivity index (χ0v) is 14.2. The molecular weight excluding hydrogens is 336 g/mol.